The molecule has 3 nitrogen and oxygen atoms in total. The first-order valence-electron chi connectivity index (χ1n) is 14.1. The van der Waals surface area contributed by atoms with Crippen molar-refractivity contribution >= 4 is 32.6 Å². The van der Waals surface area contributed by atoms with Crippen LogP contribution >= 0.6 is 0 Å². The Morgan fingerprint density at radius 2 is 1.05 bits per heavy atom. The molecule has 0 aliphatic heterocycles. The number of benzene rings is 6. The van der Waals surface area contributed by atoms with E-state index in [0.29, 0.717) is 0 Å². The van der Waals surface area contributed by atoms with Crippen molar-refractivity contribution in [3.05, 3.63) is 152 Å². The minimum atomic E-state index is 0.721. The van der Waals surface area contributed by atoms with E-state index in [1.165, 1.54) is 21.9 Å². The predicted octanol–water partition coefficient (Wildman–Crippen LogP) is 10.00. The Morgan fingerprint density at radius 3 is 1.88 bits per heavy atom. The van der Waals surface area contributed by atoms with Crippen LogP contribution in [0.2, 0.25) is 0 Å². The minimum absolute atomic E-state index is 0.721. The molecule has 2 aromatic heterocycles. The topological polar surface area (TPSA) is 38.7 Å². The van der Waals surface area contributed by atoms with Crippen LogP contribution in [0.5, 0.6) is 0 Å². The first kappa shape index (κ1) is 24.2. The zero-order chi connectivity index (χ0) is 27.9. The van der Waals surface area contributed by atoms with Crippen molar-refractivity contribution in [2.24, 2.45) is 0 Å². The first-order valence-corrected chi connectivity index (χ1v) is 14.1. The number of nitrogens with zero attached hydrogens (tertiary/aromatic N) is 3. The van der Waals surface area contributed by atoms with Gasteiger partial charge in [-0.3, -0.25) is 4.98 Å². The van der Waals surface area contributed by atoms with E-state index in [0.717, 1.165) is 55.6 Å². The molecule has 0 aliphatic carbocycles. The third-order valence-electron chi connectivity index (χ3n) is 7.89. The van der Waals surface area contributed by atoms with Gasteiger partial charge in [0, 0.05) is 33.5 Å². The second-order valence-electron chi connectivity index (χ2n) is 10.5. The van der Waals surface area contributed by atoms with Gasteiger partial charge in [0.05, 0.1) is 16.7 Å². The highest BCUT2D eigenvalue weighted by molar-refractivity contribution is 6.12. The lowest BCUT2D eigenvalue weighted by molar-refractivity contribution is 1.23. The molecule has 6 aromatic carbocycles. The molecule has 0 saturated carbocycles. The number of hydrogen-bond acceptors (Lipinski definition) is 3. The van der Waals surface area contributed by atoms with E-state index in [1.807, 2.05) is 30.5 Å². The summed E-state index contributed by atoms with van der Waals surface area (Å²) < 4.78 is 0. The highest BCUT2D eigenvalue weighted by Crippen LogP contribution is 2.36. The summed E-state index contributed by atoms with van der Waals surface area (Å²) in [4.78, 5) is 14.7. The number of hydrogen-bond donors (Lipinski definition) is 0. The van der Waals surface area contributed by atoms with Crippen LogP contribution in [0.25, 0.3) is 77.5 Å². The molecule has 0 fully saturated rings. The van der Waals surface area contributed by atoms with Gasteiger partial charge in [-0.1, -0.05) is 115 Å². The summed E-state index contributed by atoms with van der Waals surface area (Å²) in [6.45, 7) is 0. The van der Waals surface area contributed by atoms with Gasteiger partial charge in [0.2, 0.25) is 0 Å². The number of aromatic nitrogens is 3. The summed E-state index contributed by atoms with van der Waals surface area (Å²) >= 11 is 0. The van der Waals surface area contributed by atoms with Crippen molar-refractivity contribution in [2.45, 2.75) is 0 Å². The highest BCUT2D eigenvalue weighted by Gasteiger charge is 2.13. The summed E-state index contributed by atoms with van der Waals surface area (Å²) in [5.41, 5.74) is 9.64. The first-order chi connectivity index (χ1) is 20.8. The van der Waals surface area contributed by atoms with Gasteiger partial charge in [0.15, 0.2) is 5.82 Å². The van der Waals surface area contributed by atoms with E-state index in [2.05, 4.69) is 126 Å². The lowest BCUT2D eigenvalue weighted by atomic mass is 9.93. The molecule has 0 atom stereocenters. The van der Waals surface area contributed by atoms with E-state index in [-0.39, 0.29) is 0 Å². The van der Waals surface area contributed by atoms with Crippen LogP contribution < -0.4 is 0 Å². The van der Waals surface area contributed by atoms with Crippen LogP contribution in [-0.4, -0.2) is 15.0 Å². The number of pyridine rings is 1. The van der Waals surface area contributed by atoms with E-state index in [9.17, 15) is 0 Å². The molecule has 42 heavy (non-hydrogen) atoms. The quantitative estimate of drug-likeness (QED) is 0.211. The molecule has 0 aliphatic rings. The Hall–Kier alpha value is -5.67. The monoisotopic (exact) mass is 535 g/mol. The Labute approximate surface area is 243 Å². The summed E-state index contributed by atoms with van der Waals surface area (Å²) in [7, 11) is 0. The SMILES string of the molecule is c1ccc(-c2nc(-c3cccc(-c4cccc(-c5cc6cccnc6c6ccccc56)c4)c3)nc3ccccc23)cc1. The van der Waals surface area contributed by atoms with E-state index in [1.54, 1.807) is 0 Å². The summed E-state index contributed by atoms with van der Waals surface area (Å²) in [5.74, 6) is 0.721. The lowest BCUT2D eigenvalue weighted by Crippen LogP contribution is -1.95. The van der Waals surface area contributed by atoms with Crippen LogP contribution in [0.15, 0.2) is 152 Å². The van der Waals surface area contributed by atoms with Crippen LogP contribution in [0.4, 0.5) is 0 Å². The van der Waals surface area contributed by atoms with Gasteiger partial charge >= 0.3 is 0 Å². The third kappa shape index (κ3) is 4.20. The molecule has 0 unspecified atom stereocenters. The van der Waals surface area contributed by atoms with Crippen LogP contribution in [0.1, 0.15) is 0 Å². The van der Waals surface area contributed by atoms with E-state index < -0.39 is 0 Å². The van der Waals surface area contributed by atoms with Gasteiger partial charge in [-0.05, 0) is 58.0 Å². The lowest BCUT2D eigenvalue weighted by Gasteiger charge is -2.13. The fourth-order valence-electron chi connectivity index (χ4n) is 5.88. The fraction of sp³-hybridized carbons (Fsp3) is 0. The van der Waals surface area contributed by atoms with Gasteiger partial charge < -0.3 is 0 Å². The number of para-hydroxylation sites is 1. The van der Waals surface area contributed by atoms with E-state index >= 15 is 0 Å². The Kier molecular flexibility index (Phi) is 5.79. The zero-order valence-corrected chi connectivity index (χ0v) is 22.8. The normalized spacial score (nSPS) is 11.3. The molecule has 8 rings (SSSR count). The van der Waals surface area contributed by atoms with Crippen LogP contribution in [-0.2, 0) is 0 Å². The Morgan fingerprint density at radius 1 is 0.405 bits per heavy atom. The molecule has 196 valence electrons. The maximum atomic E-state index is 5.09. The van der Waals surface area contributed by atoms with Crippen molar-refractivity contribution < 1.29 is 0 Å². The van der Waals surface area contributed by atoms with Gasteiger partial charge in [0.25, 0.3) is 0 Å². The second kappa shape index (κ2) is 10.1. The largest absolute Gasteiger partial charge is 0.256 e. The summed E-state index contributed by atoms with van der Waals surface area (Å²) in [6, 6.07) is 50.8. The second-order valence-corrected chi connectivity index (χ2v) is 10.5. The zero-order valence-electron chi connectivity index (χ0n) is 22.8. The molecule has 8 aromatic rings. The van der Waals surface area contributed by atoms with Crippen LogP contribution in [0, 0.1) is 0 Å². The molecular formula is C39H25N3. The van der Waals surface area contributed by atoms with Crippen molar-refractivity contribution in [1.82, 2.24) is 15.0 Å². The Bertz CT molecular complexity index is 2250. The summed E-state index contributed by atoms with van der Waals surface area (Å²) in [5, 5.41) is 4.56. The molecule has 0 N–H and O–H groups in total. The van der Waals surface area contributed by atoms with Gasteiger partial charge in [0.1, 0.15) is 0 Å². The molecule has 3 heteroatoms. The molecule has 0 amide bonds. The predicted molar refractivity (Wildman–Crippen MR) is 174 cm³/mol. The van der Waals surface area contributed by atoms with Crippen molar-refractivity contribution in [3.63, 3.8) is 0 Å². The van der Waals surface area contributed by atoms with E-state index in [4.69, 9.17) is 9.97 Å². The molecular weight excluding hydrogens is 510 g/mol. The van der Waals surface area contributed by atoms with Crippen molar-refractivity contribution in [3.8, 4) is 44.9 Å². The fourth-order valence-corrected chi connectivity index (χ4v) is 5.88. The highest BCUT2D eigenvalue weighted by atomic mass is 14.9. The smallest absolute Gasteiger partial charge is 0.160 e. The van der Waals surface area contributed by atoms with Gasteiger partial charge in [-0.2, -0.15) is 0 Å². The maximum Gasteiger partial charge on any atom is 0.160 e. The molecule has 2 heterocycles. The Balaban J connectivity index is 1.25. The number of fused-ring (bicyclic) bond motifs is 4. The average Bonchev–Trinajstić information content (AvgIpc) is 3.08. The maximum absolute atomic E-state index is 5.09. The summed E-state index contributed by atoms with van der Waals surface area (Å²) in [6.07, 6.45) is 1.87. The molecule has 0 bridgehead atoms. The standard InChI is InChI=1S/C39H25N3/c1-2-11-26(12-3-1)38-34-20-6-7-21-36(34)41-39(42-38)31-16-9-14-28(24-31)27-13-8-15-29(23-27)35-25-30-17-10-22-40-37(30)33-19-5-4-18-32(33)35/h1-25H. The molecule has 0 spiro atoms. The third-order valence-corrected chi connectivity index (χ3v) is 7.89. The molecule has 0 saturated heterocycles. The number of rotatable bonds is 4. The van der Waals surface area contributed by atoms with Crippen molar-refractivity contribution in [2.75, 3.05) is 0 Å². The van der Waals surface area contributed by atoms with Crippen LogP contribution in [0.3, 0.4) is 0 Å². The minimum Gasteiger partial charge on any atom is -0.256 e. The average molecular weight is 536 g/mol. The van der Waals surface area contributed by atoms with Gasteiger partial charge in [-0.15, -0.1) is 0 Å². The molecule has 0 radical (unpaired) electrons. The van der Waals surface area contributed by atoms with Gasteiger partial charge in [-0.25, -0.2) is 9.97 Å². The van der Waals surface area contributed by atoms with Crippen molar-refractivity contribution in [1.29, 1.82) is 0 Å².